The van der Waals surface area contributed by atoms with Gasteiger partial charge in [0.25, 0.3) is 11.6 Å². The summed E-state index contributed by atoms with van der Waals surface area (Å²) < 4.78 is 42.2. The Morgan fingerprint density at radius 3 is 2.36 bits per heavy atom. The number of carbonyl (C=O) groups excluding carboxylic acids is 2. The van der Waals surface area contributed by atoms with Crippen molar-refractivity contribution in [2.75, 3.05) is 11.9 Å². The largest absolute Gasteiger partial charge is 0.455 e. The van der Waals surface area contributed by atoms with E-state index in [-0.39, 0.29) is 23.4 Å². The number of nitrogens with one attached hydrogen (secondary N) is 1. The van der Waals surface area contributed by atoms with Crippen LogP contribution in [0.1, 0.15) is 16.7 Å². The molecule has 2 aromatic rings. The minimum atomic E-state index is -4.48. The molecule has 0 aliphatic rings. The van der Waals surface area contributed by atoms with Gasteiger partial charge in [0.15, 0.2) is 6.61 Å². The maximum absolute atomic E-state index is 12.5. The van der Waals surface area contributed by atoms with Crippen molar-refractivity contribution in [1.29, 1.82) is 0 Å². The second-order valence-electron chi connectivity index (χ2n) is 5.86. The number of halogens is 3. The molecule has 2 aromatic carbocycles. The third-order valence-corrected chi connectivity index (χ3v) is 3.62. The van der Waals surface area contributed by atoms with Crippen molar-refractivity contribution in [3.63, 3.8) is 0 Å². The van der Waals surface area contributed by atoms with Gasteiger partial charge in [-0.3, -0.25) is 19.7 Å². The van der Waals surface area contributed by atoms with Crippen molar-refractivity contribution < 1.29 is 32.4 Å². The molecule has 0 aliphatic heterocycles. The van der Waals surface area contributed by atoms with E-state index in [1.54, 1.807) is 13.0 Å². The number of nitro groups is 1. The van der Waals surface area contributed by atoms with E-state index in [2.05, 4.69) is 5.32 Å². The van der Waals surface area contributed by atoms with Crippen molar-refractivity contribution in [3.8, 4) is 0 Å². The summed E-state index contributed by atoms with van der Waals surface area (Å²) in [6.45, 7) is 0.964. The van der Waals surface area contributed by atoms with Crippen molar-refractivity contribution in [1.82, 2.24) is 0 Å². The number of aryl methyl sites for hydroxylation is 1. The molecule has 0 unspecified atom stereocenters. The van der Waals surface area contributed by atoms with E-state index < -0.39 is 35.1 Å². The smallest absolute Gasteiger partial charge is 0.416 e. The molecule has 0 radical (unpaired) electrons. The zero-order chi connectivity index (χ0) is 20.9. The van der Waals surface area contributed by atoms with Crippen LogP contribution in [0.4, 0.5) is 24.5 Å². The summed E-state index contributed by atoms with van der Waals surface area (Å²) in [5, 5.41) is 13.3. The van der Waals surface area contributed by atoms with Gasteiger partial charge < -0.3 is 10.1 Å². The Hall–Kier alpha value is -3.43. The molecule has 10 heteroatoms. The summed E-state index contributed by atoms with van der Waals surface area (Å²) in [6, 6.07) is 8.16. The lowest BCUT2D eigenvalue weighted by molar-refractivity contribution is -0.384. The number of alkyl halides is 3. The molecule has 0 atom stereocenters. The van der Waals surface area contributed by atoms with Gasteiger partial charge in [-0.1, -0.05) is 18.2 Å². The summed E-state index contributed by atoms with van der Waals surface area (Å²) >= 11 is 0. The van der Waals surface area contributed by atoms with Crippen molar-refractivity contribution >= 4 is 23.3 Å². The third kappa shape index (κ3) is 5.79. The van der Waals surface area contributed by atoms with Crippen LogP contribution in [0.3, 0.4) is 0 Å². The third-order valence-electron chi connectivity index (χ3n) is 3.62. The number of hydrogen-bond donors (Lipinski definition) is 1. The lowest BCUT2D eigenvalue weighted by atomic mass is 10.1. The molecule has 28 heavy (non-hydrogen) atoms. The highest BCUT2D eigenvalue weighted by molar-refractivity contribution is 5.95. The van der Waals surface area contributed by atoms with Gasteiger partial charge in [0.2, 0.25) is 0 Å². The Bertz CT molecular complexity index is 895. The van der Waals surface area contributed by atoms with Crippen molar-refractivity contribution in [2.24, 2.45) is 0 Å². The molecule has 7 nitrogen and oxygen atoms in total. The van der Waals surface area contributed by atoms with Gasteiger partial charge in [-0.05, 0) is 36.2 Å². The number of ether oxygens (including phenoxy) is 1. The molecule has 0 spiro atoms. The number of benzene rings is 2. The maximum atomic E-state index is 12.5. The summed E-state index contributed by atoms with van der Waals surface area (Å²) in [5.74, 6) is -1.61. The minimum Gasteiger partial charge on any atom is -0.455 e. The zero-order valence-electron chi connectivity index (χ0n) is 14.6. The fourth-order valence-corrected chi connectivity index (χ4v) is 2.26. The number of amides is 1. The number of nitrogens with zero attached hydrogens (tertiary/aromatic N) is 1. The first-order valence-electron chi connectivity index (χ1n) is 7.93. The van der Waals surface area contributed by atoms with Gasteiger partial charge in [0, 0.05) is 6.07 Å². The standard InChI is InChI=1S/C18H15F3N2O5/c1-11-2-7-14(15(8-11)23(26)27)22-16(24)10-28-17(25)9-12-3-5-13(6-4-12)18(19,20)21/h2-8H,9-10H2,1H3,(H,22,24). The van der Waals surface area contributed by atoms with Gasteiger partial charge in [0.1, 0.15) is 5.69 Å². The number of esters is 1. The summed E-state index contributed by atoms with van der Waals surface area (Å²) in [7, 11) is 0. The number of nitro benzene ring substituents is 1. The van der Waals surface area contributed by atoms with Crippen LogP contribution in [0.15, 0.2) is 42.5 Å². The van der Waals surface area contributed by atoms with Crippen LogP contribution < -0.4 is 5.32 Å². The molecular formula is C18H15F3N2O5. The molecule has 148 valence electrons. The molecule has 0 fully saturated rings. The summed E-state index contributed by atoms with van der Waals surface area (Å²) in [4.78, 5) is 33.9. The Morgan fingerprint density at radius 2 is 1.79 bits per heavy atom. The SMILES string of the molecule is Cc1ccc(NC(=O)COC(=O)Cc2ccc(C(F)(F)F)cc2)c([N+](=O)[O-])c1. The summed E-state index contributed by atoms with van der Waals surface area (Å²) in [6.07, 6.45) is -4.80. The fraction of sp³-hybridized carbons (Fsp3) is 0.222. The highest BCUT2D eigenvalue weighted by atomic mass is 19.4. The molecule has 0 saturated carbocycles. The molecule has 1 amide bonds. The van der Waals surface area contributed by atoms with Crippen LogP contribution in [0.25, 0.3) is 0 Å². The molecule has 1 N–H and O–H groups in total. The average molecular weight is 396 g/mol. The quantitative estimate of drug-likeness (QED) is 0.457. The predicted octanol–water partition coefficient (Wildman–Crippen LogP) is 3.65. The monoisotopic (exact) mass is 396 g/mol. The highest BCUT2D eigenvalue weighted by Gasteiger charge is 2.30. The van der Waals surface area contributed by atoms with E-state index in [1.165, 1.54) is 12.1 Å². The normalized spacial score (nSPS) is 11.0. The number of anilines is 1. The second-order valence-corrected chi connectivity index (χ2v) is 5.86. The van der Waals surface area contributed by atoms with Crippen LogP contribution >= 0.6 is 0 Å². The Morgan fingerprint density at radius 1 is 1.14 bits per heavy atom. The topological polar surface area (TPSA) is 98.5 Å². The second kappa shape index (κ2) is 8.51. The van der Waals surface area contributed by atoms with Gasteiger partial charge in [-0.25, -0.2) is 0 Å². The average Bonchev–Trinajstić information content (AvgIpc) is 2.61. The molecule has 0 heterocycles. The molecule has 0 bridgehead atoms. The highest BCUT2D eigenvalue weighted by Crippen LogP contribution is 2.29. The Balaban J connectivity index is 1.89. The van der Waals surface area contributed by atoms with Crippen molar-refractivity contribution in [2.45, 2.75) is 19.5 Å². The van der Waals surface area contributed by atoms with E-state index in [0.717, 1.165) is 24.3 Å². The van der Waals surface area contributed by atoms with E-state index in [0.29, 0.717) is 5.56 Å². The fourth-order valence-electron chi connectivity index (χ4n) is 2.26. The Labute approximate surface area is 157 Å². The van der Waals surface area contributed by atoms with E-state index in [4.69, 9.17) is 4.74 Å². The van der Waals surface area contributed by atoms with Crippen LogP contribution in [0.5, 0.6) is 0 Å². The van der Waals surface area contributed by atoms with Gasteiger partial charge in [-0.2, -0.15) is 13.2 Å². The first kappa shape index (κ1) is 20.9. The number of carbonyl (C=O) groups is 2. The summed E-state index contributed by atoms with van der Waals surface area (Å²) in [5.41, 5.74) is -0.271. The van der Waals surface area contributed by atoms with Crippen LogP contribution in [0.2, 0.25) is 0 Å². The Kier molecular flexibility index (Phi) is 6.34. The van der Waals surface area contributed by atoms with E-state index in [9.17, 15) is 32.9 Å². The van der Waals surface area contributed by atoms with Gasteiger partial charge in [0.05, 0.1) is 16.9 Å². The van der Waals surface area contributed by atoms with Crippen LogP contribution in [-0.4, -0.2) is 23.4 Å². The van der Waals surface area contributed by atoms with Gasteiger partial charge >= 0.3 is 12.1 Å². The molecular weight excluding hydrogens is 381 g/mol. The zero-order valence-corrected chi connectivity index (χ0v) is 14.6. The van der Waals surface area contributed by atoms with Crippen LogP contribution in [-0.2, 0) is 26.9 Å². The predicted molar refractivity (Wildman–Crippen MR) is 92.6 cm³/mol. The van der Waals surface area contributed by atoms with Crippen molar-refractivity contribution in [3.05, 3.63) is 69.3 Å². The lowest BCUT2D eigenvalue weighted by Crippen LogP contribution is -2.22. The number of rotatable bonds is 6. The van der Waals surface area contributed by atoms with Crippen LogP contribution in [0, 0.1) is 17.0 Å². The molecule has 0 aliphatic carbocycles. The molecule has 0 saturated heterocycles. The lowest BCUT2D eigenvalue weighted by Gasteiger charge is -2.09. The van der Waals surface area contributed by atoms with Gasteiger partial charge in [-0.15, -0.1) is 0 Å². The number of hydrogen-bond acceptors (Lipinski definition) is 5. The first-order chi connectivity index (χ1) is 13.1. The van der Waals surface area contributed by atoms with E-state index >= 15 is 0 Å². The first-order valence-corrected chi connectivity index (χ1v) is 7.93. The molecule has 2 rings (SSSR count). The van der Waals surface area contributed by atoms with E-state index in [1.807, 2.05) is 0 Å². The minimum absolute atomic E-state index is 0.0422. The molecule has 0 aromatic heterocycles. The maximum Gasteiger partial charge on any atom is 0.416 e.